The van der Waals surface area contributed by atoms with E-state index < -0.39 is 0 Å². The summed E-state index contributed by atoms with van der Waals surface area (Å²) in [6.07, 6.45) is 0.800. The van der Waals surface area contributed by atoms with Crippen LogP contribution in [0.25, 0.3) is 0 Å². The summed E-state index contributed by atoms with van der Waals surface area (Å²) in [5.41, 5.74) is 0. The molecule has 1 aliphatic rings. The second-order valence-electron chi connectivity index (χ2n) is 5.78. The highest BCUT2D eigenvalue weighted by atomic mass is 79.9. The molecule has 1 aromatic carbocycles. The van der Waals surface area contributed by atoms with Crippen LogP contribution in [0.3, 0.4) is 0 Å². The van der Waals surface area contributed by atoms with E-state index in [1.54, 1.807) is 4.90 Å². The van der Waals surface area contributed by atoms with Crippen molar-refractivity contribution in [3.63, 3.8) is 0 Å². The van der Waals surface area contributed by atoms with Crippen molar-refractivity contribution < 1.29 is 14.6 Å². The van der Waals surface area contributed by atoms with Gasteiger partial charge in [0.1, 0.15) is 11.9 Å². The number of carbonyl (C=O) groups is 1. The lowest BCUT2D eigenvalue weighted by atomic mass is 10.0. The maximum absolute atomic E-state index is 12.2. The molecule has 0 bridgehead atoms. The summed E-state index contributed by atoms with van der Waals surface area (Å²) in [6.45, 7) is 5.11. The van der Waals surface area contributed by atoms with Gasteiger partial charge in [0.25, 0.3) is 0 Å². The zero-order chi connectivity index (χ0) is 16.1. The highest BCUT2D eigenvalue weighted by molar-refractivity contribution is 9.10. The number of urea groups is 1. The molecule has 1 fully saturated rings. The highest BCUT2D eigenvalue weighted by Gasteiger charge is 2.33. The van der Waals surface area contributed by atoms with Crippen molar-refractivity contribution in [3.8, 4) is 5.75 Å². The predicted molar refractivity (Wildman–Crippen MR) is 89.0 cm³/mol. The van der Waals surface area contributed by atoms with Gasteiger partial charge >= 0.3 is 6.03 Å². The molecule has 2 amide bonds. The van der Waals surface area contributed by atoms with Gasteiger partial charge in [0, 0.05) is 11.0 Å². The molecule has 5 nitrogen and oxygen atoms in total. The smallest absolute Gasteiger partial charge is 0.317 e. The summed E-state index contributed by atoms with van der Waals surface area (Å²) in [5, 5.41) is 12.3. The van der Waals surface area contributed by atoms with Crippen molar-refractivity contribution in [2.45, 2.75) is 32.4 Å². The standard InChI is InChI=1S/C16H23BrN2O3/c1-11-6-7-19(15(11)10-20)16(21)18-9-12(2)22-14-5-3-4-13(17)8-14/h3-5,8,11-12,15,20H,6-7,9-10H2,1-2H3,(H,18,21). The van der Waals surface area contributed by atoms with Crippen molar-refractivity contribution in [2.24, 2.45) is 5.92 Å². The van der Waals surface area contributed by atoms with Crippen LogP contribution in [0.4, 0.5) is 4.79 Å². The van der Waals surface area contributed by atoms with E-state index in [0.29, 0.717) is 19.0 Å². The molecule has 0 aliphatic carbocycles. The highest BCUT2D eigenvalue weighted by Crippen LogP contribution is 2.23. The minimum absolute atomic E-state index is 0.0126. The Morgan fingerprint density at radius 1 is 1.59 bits per heavy atom. The van der Waals surface area contributed by atoms with Crippen LogP contribution in [0.1, 0.15) is 20.3 Å². The molecule has 122 valence electrons. The van der Waals surface area contributed by atoms with Gasteiger partial charge in [-0.05, 0) is 37.5 Å². The van der Waals surface area contributed by atoms with Gasteiger partial charge in [0.15, 0.2) is 0 Å². The summed E-state index contributed by atoms with van der Waals surface area (Å²) in [6, 6.07) is 7.40. The minimum Gasteiger partial charge on any atom is -0.489 e. The van der Waals surface area contributed by atoms with Crippen LogP contribution in [0, 0.1) is 5.92 Å². The molecule has 0 spiro atoms. The van der Waals surface area contributed by atoms with E-state index in [1.165, 1.54) is 0 Å². The van der Waals surface area contributed by atoms with Gasteiger partial charge in [-0.3, -0.25) is 0 Å². The lowest BCUT2D eigenvalue weighted by Crippen LogP contribution is -2.47. The number of benzene rings is 1. The molecular weight excluding hydrogens is 348 g/mol. The Morgan fingerprint density at radius 3 is 3.05 bits per heavy atom. The molecule has 0 radical (unpaired) electrons. The third-order valence-electron chi connectivity index (χ3n) is 4.00. The first-order chi connectivity index (χ1) is 10.5. The number of hydrogen-bond acceptors (Lipinski definition) is 3. The van der Waals surface area contributed by atoms with Crippen LogP contribution in [-0.2, 0) is 0 Å². The van der Waals surface area contributed by atoms with E-state index in [4.69, 9.17) is 4.74 Å². The molecular formula is C16H23BrN2O3. The fraction of sp³-hybridized carbons (Fsp3) is 0.562. The van der Waals surface area contributed by atoms with Crippen molar-refractivity contribution in [2.75, 3.05) is 19.7 Å². The Kier molecular flexibility index (Phi) is 6.08. The summed E-state index contributed by atoms with van der Waals surface area (Å²) in [7, 11) is 0. The molecule has 2 rings (SSSR count). The van der Waals surface area contributed by atoms with E-state index in [9.17, 15) is 9.90 Å². The van der Waals surface area contributed by atoms with E-state index >= 15 is 0 Å². The van der Waals surface area contributed by atoms with E-state index in [-0.39, 0.29) is 24.8 Å². The molecule has 3 unspecified atom stereocenters. The van der Waals surface area contributed by atoms with E-state index in [2.05, 4.69) is 28.2 Å². The van der Waals surface area contributed by atoms with Crippen molar-refractivity contribution in [1.82, 2.24) is 10.2 Å². The number of aliphatic hydroxyl groups excluding tert-OH is 1. The third kappa shape index (κ3) is 4.36. The van der Waals surface area contributed by atoms with E-state index in [0.717, 1.165) is 16.6 Å². The first-order valence-electron chi connectivity index (χ1n) is 7.58. The number of nitrogens with zero attached hydrogens (tertiary/aromatic N) is 1. The lowest BCUT2D eigenvalue weighted by Gasteiger charge is -2.26. The largest absolute Gasteiger partial charge is 0.489 e. The Morgan fingerprint density at radius 2 is 2.36 bits per heavy atom. The Labute approximate surface area is 139 Å². The summed E-state index contributed by atoms with van der Waals surface area (Å²) < 4.78 is 6.73. The number of nitrogens with one attached hydrogen (secondary N) is 1. The molecule has 2 N–H and O–H groups in total. The summed E-state index contributed by atoms with van der Waals surface area (Å²) >= 11 is 3.40. The second kappa shape index (κ2) is 7.83. The number of likely N-dealkylation sites (tertiary alicyclic amines) is 1. The average molecular weight is 371 g/mol. The first kappa shape index (κ1) is 17.1. The number of ether oxygens (including phenoxy) is 1. The molecule has 1 heterocycles. The van der Waals surface area contributed by atoms with Crippen LogP contribution in [0.2, 0.25) is 0 Å². The zero-order valence-electron chi connectivity index (χ0n) is 13.0. The SMILES string of the molecule is CC(CNC(=O)N1CCC(C)C1CO)Oc1cccc(Br)c1. The van der Waals surface area contributed by atoms with E-state index in [1.807, 2.05) is 31.2 Å². The fourth-order valence-electron chi connectivity index (χ4n) is 2.69. The Hall–Kier alpha value is -1.27. The molecule has 1 aromatic rings. The van der Waals surface area contributed by atoms with Gasteiger partial charge in [0.2, 0.25) is 0 Å². The molecule has 0 aromatic heterocycles. The maximum Gasteiger partial charge on any atom is 0.317 e. The number of amides is 2. The summed E-state index contributed by atoms with van der Waals surface area (Å²) in [4.78, 5) is 13.9. The van der Waals surface area contributed by atoms with Crippen LogP contribution in [0.15, 0.2) is 28.7 Å². The van der Waals surface area contributed by atoms with Crippen molar-refractivity contribution in [3.05, 3.63) is 28.7 Å². The normalized spacial score (nSPS) is 22.5. The molecule has 6 heteroatoms. The number of hydrogen-bond donors (Lipinski definition) is 2. The van der Waals surface area contributed by atoms with Gasteiger partial charge in [-0.2, -0.15) is 0 Å². The molecule has 3 atom stereocenters. The lowest BCUT2D eigenvalue weighted by molar-refractivity contribution is 0.139. The molecule has 0 saturated carbocycles. The quantitative estimate of drug-likeness (QED) is 0.837. The molecule has 22 heavy (non-hydrogen) atoms. The number of aliphatic hydroxyl groups is 1. The minimum atomic E-state index is -0.133. The van der Waals surface area contributed by atoms with Gasteiger partial charge in [-0.25, -0.2) is 4.79 Å². The molecule has 1 saturated heterocycles. The first-order valence-corrected chi connectivity index (χ1v) is 8.38. The van der Waals surface area contributed by atoms with Gasteiger partial charge in [0.05, 0.1) is 19.2 Å². The topological polar surface area (TPSA) is 61.8 Å². The fourth-order valence-corrected chi connectivity index (χ4v) is 3.06. The number of halogens is 1. The molecule has 1 aliphatic heterocycles. The maximum atomic E-state index is 12.2. The van der Waals surface area contributed by atoms with Crippen LogP contribution >= 0.6 is 15.9 Å². The van der Waals surface area contributed by atoms with Crippen LogP contribution < -0.4 is 10.1 Å². The third-order valence-corrected chi connectivity index (χ3v) is 4.50. The van der Waals surface area contributed by atoms with Crippen LogP contribution in [-0.4, -0.2) is 47.9 Å². The second-order valence-corrected chi connectivity index (χ2v) is 6.70. The Balaban J connectivity index is 1.81. The van der Waals surface area contributed by atoms with Gasteiger partial charge in [-0.15, -0.1) is 0 Å². The monoisotopic (exact) mass is 370 g/mol. The van der Waals surface area contributed by atoms with Gasteiger partial charge < -0.3 is 20.1 Å². The van der Waals surface area contributed by atoms with Crippen LogP contribution in [0.5, 0.6) is 5.75 Å². The number of rotatable bonds is 5. The zero-order valence-corrected chi connectivity index (χ0v) is 14.5. The van der Waals surface area contributed by atoms with Crippen molar-refractivity contribution in [1.29, 1.82) is 0 Å². The summed E-state index contributed by atoms with van der Waals surface area (Å²) in [5.74, 6) is 1.10. The number of carbonyl (C=O) groups excluding carboxylic acids is 1. The predicted octanol–water partition coefficient (Wildman–Crippen LogP) is 2.63. The Bertz CT molecular complexity index is 512. The van der Waals surface area contributed by atoms with Crippen molar-refractivity contribution >= 4 is 22.0 Å². The van der Waals surface area contributed by atoms with Gasteiger partial charge in [-0.1, -0.05) is 28.9 Å². The average Bonchev–Trinajstić information content (AvgIpc) is 2.85.